The third-order valence-corrected chi connectivity index (χ3v) is 11.9. The van der Waals surface area contributed by atoms with Crippen LogP contribution in [0.25, 0.3) is 11.2 Å². The van der Waals surface area contributed by atoms with Crippen molar-refractivity contribution >= 4 is 75.1 Å². The minimum Gasteiger partial charge on any atom is -0.550 e. The van der Waals surface area contributed by atoms with Crippen LogP contribution in [0.1, 0.15) is 39.8 Å². The van der Waals surface area contributed by atoms with Crippen molar-refractivity contribution in [2.45, 2.75) is 70.4 Å². The highest BCUT2D eigenvalue weighted by atomic mass is 32.2. The van der Waals surface area contributed by atoms with Crippen molar-refractivity contribution in [2.24, 2.45) is 5.41 Å². The van der Waals surface area contributed by atoms with Gasteiger partial charge in [0.05, 0.1) is 40.7 Å². The predicted octanol–water partition coefficient (Wildman–Crippen LogP) is -3.12. The number of rotatable bonds is 23. The van der Waals surface area contributed by atoms with Crippen molar-refractivity contribution in [3.8, 4) is 0 Å². The Morgan fingerprint density at radius 1 is 1.03 bits per heavy atom. The average molecular weight is 971 g/mol. The van der Waals surface area contributed by atoms with Crippen molar-refractivity contribution in [2.75, 3.05) is 65.5 Å². The first kappa shape index (κ1) is 55.1. The third-order valence-electron chi connectivity index (χ3n) is 7.97. The van der Waals surface area contributed by atoms with Crippen molar-refractivity contribution < 1.29 is 100.0 Å². The number of likely N-dealkylation sites (N-methyl/N-ethyl adjacent to an activating group) is 1. The van der Waals surface area contributed by atoms with Gasteiger partial charge >= 0.3 is 23.5 Å². The summed E-state index contributed by atoms with van der Waals surface area (Å²) in [6.07, 6.45) is -7.97. The number of carbonyl (C=O) groups excluding carboxylic acids is 4. The molecule has 0 bridgehead atoms. The number of carboxylic acids is 1. The molecular formula is C30H53N8O20P3S. The SMILES string of the molecule is CC(=O)SCCNC(=O)CCNC(=O)[C@H](O)C(C)(C)COP(=O)(O)OP(=O)(O)OC[C@H]1O[C@@H](n2cnc3c(N)ncnc32)[C@H](O)[C@@H]1OP(=O)(O)O.C[N+](C)(C)CC(O)CC(=O)[O-]. The van der Waals surface area contributed by atoms with Gasteiger partial charge in [-0.15, -0.1) is 0 Å². The number of nitrogens with two attached hydrogens (primary N) is 1. The second-order valence-corrected chi connectivity index (χ2v) is 20.6. The predicted molar refractivity (Wildman–Crippen MR) is 211 cm³/mol. The number of thioether (sulfide) groups is 1. The number of aliphatic hydroxyl groups is 3. The number of ether oxygens (including phenoxy) is 1. The van der Waals surface area contributed by atoms with Crippen LogP contribution in [0.4, 0.5) is 5.82 Å². The molecule has 3 heterocycles. The average Bonchev–Trinajstić information content (AvgIpc) is 3.67. The molecule has 32 heteroatoms. The Labute approximate surface area is 358 Å². The number of imidazole rings is 1. The standard InChI is InChI=1S/C23H38N7O17P3S.C7H15NO3/c1-12(31)51-7-6-25-14(32)4-5-26-21(35)18(34)23(2,3)9-44-50(41,42)47-49(39,40)43-8-13-17(46-48(36,37)38)16(33)22(45-13)30-11-29-15-19(24)27-10-28-20(15)30;1-8(2,3)5-6(9)4-7(10)11/h10-11,13,16-18,22,33-34H,4-9H2,1-3H3,(H,25,32)(H,26,35)(H,39,40)(H,41,42)(H2,24,27,28)(H2,36,37,38);6,9H,4-5H2,1-3H3/t13-,16-,17-,18+,22-;/m1./s1. The summed E-state index contributed by atoms with van der Waals surface area (Å²) in [4.78, 5) is 95.9. The highest BCUT2D eigenvalue weighted by molar-refractivity contribution is 8.13. The Morgan fingerprint density at radius 2 is 1.66 bits per heavy atom. The van der Waals surface area contributed by atoms with Crippen LogP contribution >= 0.6 is 35.2 Å². The molecule has 11 N–H and O–H groups in total. The Hall–Kier alpha value is -3.05. The van der Waals surface area contributed by atoms with Gasteiger partial charge in [0, 0.05) is 50.0 Å². The smallest absolute Gasteiger partial charge is 0.481 e. The summed E-state index contributed by atoms with van der Waals surface area (Å²) in [5.74, 6) is -2.29. The van der Waals surface area contributed by atoms with E-state index in [0.29, 0.717) is 16.8 Å². The number of nitrogen functional groups attached to an aromatic ring is 1. The number of aromatic nitrogens is 4. The van der Waals surface area contributed by atoms with Crippen molar-refractivity contribution in [1.29, 1.82) is 0 Å². The fourth-order valence-corrected chi connectivity index (χ4v) is 8.53. The summed E-state index contributed by atoms with van der Waals surface area (Å²) in [5.41, 5.74) is 4.26. The molecule has 0 radical (unpaired) electrons. The molecule has 28 nitrogen and oxygen atoms in total. The molecule has 2 aromatic heterocycles. The number of quaternary nitrogens is 1. The fraction of sp³-hybridized carbons (Fsp3) is 0.700. The lowest BCUT2D eigenvalue weighted by molar-refractivity contribution is -0.873. The number of nitrogens with zero attached hydrogens (tertiary/aromatic N) is 5. The largest absolute Gasteiger partial charge is 0.550 e. The number of amides is 2. The van der Waals surface area contributed by atoms with Gasteiger partial charge in [-0.05, 0) is 0 Å². The number of nitrogens with one attached hydrogen (secondary N) is 2. The Morgan fingerprint density at radius 3 is 2.24 bits per heavy atom. The van der Waals surface area contributed by atoms with Crippen LogP contribution < -0.4 is 21.5 Å². The number of aliphatic hydroxyl groups excluding tert-OH is 3. The van der Waals surface area contributed by atoms with Crippen LogP contribution in [-0.2, 0) is 55.5 Å². The first-order valence-corrected chi connectivity index (χ1v) is 23.5. The van der Waals surface area contributed by atoms with E-state index in [2.05, 4.69) is 34.4 Å². The maximum absolute atomic E-state index is 12.6. The Kier molecular flexibility index (Phi) is 20.6. The topological polar surface area (TPSA) is 424 Å². The van der Waals surface area contributed by atoms with E-state index in [1.165, 1.54) is 20.8 Å². The van der Waals surface area contributed by atoms with Crippen LogP contribution in [0.2, 0.25) is 0 Å². The molecule has 62 heavy (non-hydrogen) atoms. The second kappa shape index (κ2) is 23.2. The summed E-state index contributed by atoms with van der Waals surface area (Å²) < 4.78 is 62.4. The minimum absolute atomic E-state index is 0.0310. The third kappa shape index (κ3) is 19.4. The molecule has 0 aliphatic carbocycles. The van der Waals surface area contributed by atoms with E-state index in [0.717, 1.165) is 29.0 Å². The highest BCUT2D eigenvalue weighted by Crippen LogP contribution is 2.61. The molecule has 1 saturated heterocycles. The molecule has 0 aromatic carbocycles. The Bertz CT molecular complexity index is 2000. The van der Waals surface area contributed by atoms with E-state index < -0.39 is 96.6 Å². The minimum atomic E-state index is -5.56. The Balaban J connectivity index is 0.00000105. The molecule has 8 atom stereocenters. The monoisotopic (exact) mass is 970 g/mol. The molecule has 0 saturated carbocycles. The highest BCUT2D eigenvalue weighted by Gasteiger charge is 2.50. The number of fused-ring (bicyclic) bond motifs is 1. The van der Waals surface area contributed by atoms with Gasteiger partial charge in [-0.1, -0.05) is 25.6 Å². The summed E-state index contributed by atoms with van der Waals surface area (Å²) >= 11 is 1.03. The molecule has 1 fully saturated rings. The lowest BCUT2D eigenvalue weighted by Crippen LogP contribution is -2.46. The van der Waals surface area contributed by atoms with Crippen LogP contribution in [0, 0.1) is 5.41 Å². The van der Waals surface area contributed by atoms with E-state index in [1.807, 2.05) is 21.1 Å². The maximum Gasteiger partial charge on any atom is 0.481 e. The molecule has 1 aliphatic heterocycles. The van der Waals surface area contributed by atoms with Gasteiger partial charge in [-0.25, -0.2) is 28.6 Å². The molecule has 3 unspecified atom stereocenters. The number of hydrogen-bond acceptors (Lipinski definition) is 21. The quantitative estimate of drug-likeness (QED) is 0.0299. The number of hydrogen-bond donors (Lipinski definition) is 10. The summed E-state index contributed by atoms with van der Waals surface area (Å²) in [6.45, 7) is 2.33. The molecule has 2 amide bonds. The van der Waals surface area contributed by atoms with E-state index in [9.17, 15) is 67.8 Å². The zero-order chi connectivity index (χ0) is 47.4. The first-order chi connectivity index (χ1) is 28.3. The maximum atomic E-state index is 12.6. The summed E-state index contributed by atoms with van der Waals surface area (Å²) in [7, 11) is -10.7. The van der Waals surface area contributed by atoms with E-state index >= 15 is 0 Å². The summed E-state index contributed by atoms with van der Waals surface area (Å²) in [6, 6.07) is 0. The molecule has 3 rings (SSSR count). The van der Waals surface area contributed by atoms with Crippen LogP contribution in [-0.4, -0.2) is 172 Å². The van der Waals surface area contributed by atoms with E-state index in [-0.39, 0.29) is 48.0 Å². The van der Waals surface area contributed by atoms with E-state index in [4.69, 9.17) is 24.6 Å². The van der Waals surface area contributed by atoms with Crippen LogP contribution in [0.3, 0.4) is 0 Å². The number of phosphoric acid groups is 3. The van der Waals surface area contributed by atoms with Crippen LogP contribution in [0.5, 0.6) is 0 Å². The normalized spacial score (nSPS) is 21.2. The first-order valence-electron chi connectivity index (χ1n) is 18.0. The van der Waals surface area contributed by atoms with Gasteiger partial charge in [-0.3, -0.25) is 32.5 Å². The number of anilines is 1. The molecule has 0 spiro atoms. The number of carboxylic acid groups (broad SMARTS) is 1. The second-order valence-electron chi connectivity index (χ2n) is 15.1. The molecule has 2 aromatic rings. The zero-order valence-electron chi connectivity index (χ0n) is 34.3. The fourth-order valence-electron chi connectivity index (χ4n) is 5.21. The van der Waals surface area contributed by atoms with Gasteiger partial charge in [0.2, 0.25) is 11.8 Å². The molecule has 1 aliphatic rings. The lowest BCUT2D eigenvalue weighted by Gasteiger charge is -2.30. The van der Waals surface area contributed by atoms with E-state index in [1.54, 1.807) is 0 Å². The van der Waals surface area contributed by atoms with Gasteiger partial charge < -0.3 is 70.4 Å². The number of carbonyl (C=O) groups is 4. The summed E-state index contributed by atoms with van der Waals surface area (Å²) in [5, 5.41) is 45.2. The molecular weight excluding hydrogens is 917 g/mol. The van der Waals surface area contributed by atoms with Gasteiger partial charge in [0.25, 0.3) is 0 Å². The lowest BCUT2D eigenvalue weighted by atomic mass is 9.87. The van der Waals surface area contributed by atoms with Crippen molar-refractivity contribution in [3.63, 3.8) is 0 Å². The van der Waals surface area contributed by atoms with Gasteiger partial charge in [0.1, 0.15) is 48.9 Å². The number of phosphoric ester groups is 3. The van der Waals surface area contributed by atoms with Gasteiger partial charge in [0.15, 0.2) is 22.8 Å². The number of aliphatic carboxylic acids is 1. The van der Waals surface area contributed by atoms with Crippen LogP contribution in [0.15, 0.2) is 12.7 Å². The van der Waals surface area contributed by atoms with Gasteiger partial charge in [-0.2, -0.15) is 4.31 Å². The zero-order valence-corrected chi connectivity index (χ0v) is 37.8. The van der Waals surface area contributed by atoms with Crippen molar-refractivity contribution in [1.82, 2.24) is 30.2 Å². The van der Waals surface area contributed by atoms with Crippen molar-refractivity contribution in [3.05, 3.63) is 12.7 Å². The molecule has 354 valence electrons.